The molecule has 6 nitrogen and oxygen atoms in total. The Labute approximate surface area is 133 Å². The third-order valence-electron chi connectivity index (χ3n) is 3.32. The van der Waals surface area contributed by atoms with Gasteiger partial charge in [0.15, 0.2) is 0 Å². The van der Waals surface area contributed by atoms with Crippen molar-refractivity contribution in [2.45, 2.75) is 23.2 Å². The molecule has 1 unspecified atom stereocenters. The molecule has 0 bridgehead atoms. The molecule has 1 fully saturated rings. The lowest BCUT2D eigenvalue weighted by atomic mass is 10.2. The fraction of sp³-hybridized carbons (Fsp3) is 0.357. The van der Waals surface area contributed by atoms with Gasteiger partial charge in [-0.25, -0.2) is 13.4 Å². The van der Waals surface area contributed by atoms with Crippen molar-refractivity contribution >= 4 is 32.9 Å². The van der Waals surface area contributed by atoms with Crippen LogP contribution in [0.2, 0.25) is 0 Å². The zero-order valence-electron chi connectivity index (χ0n) is 11.9. The quantitative estimate of drug-likeness (QED) is 0.845. The molecule has 3 heterocycles. The summed E-state index contributed by atoms with van der Waals surface area (Å²) in [6.07, 6.45) is 4.03. The summed E-state index contributed by atoms with van der Waals surface area (Å²) in [7, 11) is -3.54. The van der Waals surface area contributed by atoms with Gasteiger partial charge in [0.1, 0.15) is 10.0 Å². The van der Waals surface area contributed by atoms with Crippen molar-refractivity contribution in [3.8, 4) is 0 Å². The number of nitrogens with zero attached hydrogens (tertiary/aromatic N) is 1. The summed E-state index contributed by atoms with van der Waals surface area (Å²) in [5.74, 6) is 0.302. The van der Waals surface area contributed by atoms with Crippen LogP contribution in [-0.2, 0) is 14.8 Å². The molecule has 0 aliphatic carbocycles. The summed E-state index contributed by atoms with van der Waals surface area (Å²) in [6, 6.07) is 6.70. The summed E-state index contributed by atoms with van der Waals surface area (Å²) >= 11 is 1.17. The first-order valence-electron chi connectivity index (χ1n) is 7.01. The Morgan fingerprint density at radius 1 is 1.36 bits per heavy atom. The standard InChI is InChI=1S/C14H17N3O3S2/c18-22(19,14-4-2-8-21-14)17-13-6-5-11(9-16-13)15-10-12-3-1-7-20-12/h2,4-6,8-9,12,15H,1,3,7,10H2,(H,16,17). The van der Waals surface area contributed by atoms with Gasteiger partial charge in [-0.2, -0.15) is 0 Å². The maximum atomic E-state index is 12.1. The smallest absolute Gasteiger partial charge is 0.272 e. The number of thiophene rings is 1. The first kappa shape index (κ1) is 15.3. The van der Waals surface area contributed by atoms with Crippen molar-refractivity contribution in [2.24, 2.45) is 0 Å². The second-order valence-corrected chi connectivity index (χ2v) is 7.84. The van der Waals surface area contributed by atoms with Crippen molar-refractivity contribution in [3.63, 3.8) is 0 Å². The van der Waals surface area contributed by atoms with Gasteiger partial charge in [-0.05, 0) is 36.4 Å². The molecule has 1 atom stereocenters. The van der Waals surface area contributed by atoms with Crippen LogP contribution >= 0.6 is 11.3 Å². The molecular weight excluding hydrogens is 322 g/mol. The number of ether oxygens (including phenoxy) is 1. The minimum Gasteiger partial charge on any atom is -0.381 e. The Morgan fingerprint density at radius 2 is 2.27 bits per heavy atom. The predicted octanol–water partition coefficient (Wildman–Crippen LogP) is 2.53. The van der Waals surface area contributed by atoms with Crippen LogP contribution < -0.4 is 10.0 Å². The highest BCUT2D eigenvalue weighted by molar-refractivity contribution is 7.94. The largest absolute Gasteiger partial charge is 0.381 e. The molecule has 0 radical (unpaired) electrons. The zero-order chi connectivity index (χ0) is 15.4. The van der Waals surface area contributed by atoms with Crippen molar-refractivity contribution in [2.75, 3.05) is 23.2 Å². The Kier molecular flexibility index (Phi) is 4.60. The van der Waals surface area contributed by atoms with Crippen molar-refractivity contribution in [1.82, 2.24) is 4.98 Å². The van der Waals surface area contributed by atoms with Crippen molar-refractivity contribution in [1.29, 1.82) is 0 Å². The highest BCUT2D eigenvalue weighted by Gasteiger charge is 2.16. The van der Waals surface area contributed by atoms with E-state index in [2.05, 4.69) is 15.0 Å². The molecule has 2 N–H and O–H groups in total. The second kappa shape index (κ2) is 6.64. The van der Waals surface area contributed by atoms with Crippen molar-refractivity contribution in [3.05, 3.63) is 35.8 Å². The third kappa shape index (κ3) is 3.76. The van der Waals surface area contributed by atoms with E-state index in [9.17, 15) is 8.42 Å². The molecule has 3 rings (SSSR count). The minimum atomic E-state index is -3.54. The van der Waals surface area contributed by atoms with Crippen LogP contribution in [0.25, 0.3) is 0 Å². The summed E-state index contributed by atoms with van der Waals surface area (Å²) in [5.41, 5.74) is 0.842. The fourth-order valence-corrected chi connectivity index (χ4v) is 4.20. The van der Waals surface area contributed by atoms with E-state index in [4.69, 9.17) is 4.74 Å². The number of anilines is 2. The Bertz CT molecular complexity index is 693. The van der Waals surface area contributed by atoms with Crippen LogP contribution in [-0.4, -0.2) is 32.7 Å². The molecule has 0 spiro atoms. The van der Waals surface area contributed by atoms with E-state index in [0.717, 1.165) is 31.7 Å². The van der Waals surface area contributed by atoms with E-state index in [0.29, 0.717) is 5.82 Å². The number of aromatic nitrogens is 1. The van der Waals surface area contributed by atoms with E-state index in [1.165, 1.54) is 11.3 Å². The Balaban J connectivity index is 1.59. The van der Waals surface area contributed by atoms with Gasteiger partial charge in [0.05, 0.1) is 18.0 Å². The molecule has 8 heteroatoms. The molecule has 0 saturated carbocycles. The summed E-state index contributed by atoms with van der Waals surface area (Å²) in [6.45, 7) is 1.57. The van der Waals surface area contributed by atoms with Gasteiger partial charge in [-0.3, -0.25) is 4.72 Å². The summed E-state index contributed by atoms with van der Waals surface area (Å²) in [5, 5.41) is 4.96. The second-order valence-electron chi connectivity index (χ2n) is 4.99. The molecule has 118 valence electrons. The average Bonchev–Trinajstić information content (AvgIpc) is 3.20. The summed E-state index contributed by atoms with van der Waals surface area (Å²) in [4.78, 5) is 4.13. The monoisotopic (exact) mass is 339 g/mol. The lowest BCUT2D eigenvalue weighted by molar-refractivity contribution is 0.120. The number of hydrogen-bond donors (Lipinski definition) is 2. The van der Waals surface area contributed by atoms with E-state index in [1.807, 2.05) is 0 Å². The molecule has 1 saturated heterocycles. The number of sulfonamides is 1. The fourth-order valence-electron chi connectivity index (χ4n) is 2.20. The molecule has 2 aromatic rings. The number of nitrogens with one attached hydrogen (secondary N) is 2. The van der Waals surface area contributed by atoms with Gasteiger partial charge in [0, 0.05) is 13.2 Å². The van der Waals surface area contributed by atoms with E-state index >= 15 is 0 Å². The normalized spacial score (nSPS) is 18.3. The molecule has 1 aliphatic heterocycles. The van der Waals surface area contributed by atoms with Gasteiger partial charge < -0.3 is 10.1 Å². The number of rotatable bonds is 6. The van der Waals surface area contributed by atoms with Crippen LogP contribution in [0.3, 0.4) is 0 Å². The highest BCUT2D eigenvalue weighted by atomic mass is 32.2. The number of hydrogen-bond acceptors (Lipinski definition) is 6. The van der Waals surface area contributed by atoms with Crippen LogP contribution in [0.15, 0.2) is 40.1 Å². The Hall–Kier alpha value is -1.64. The lowest BCUT2D eigenvalue weighted by Crippen LogP contribution is -2.18. The minimum absolute atomic E-state index is 0.247. The molecule has 0 amide bonds. The molecule has 1 aliphatic rings. The zero-order valence-corrected chi connectivity index (χ0v) is 13.5. The van der Waals surface area contributed by atoms with E-state index in [-0.39, 0.29) is 10.3 Å². The van der Waals surface area contributed by atoms with Gasteiger partial charge >= 0.3 is 0 Å². The highest BCUT2D eigenvalue weighted by Crippen LogP contribution is 2.20. The SMILES string of the molecule is O=S(=O)(Nc1ccc(NCC2CCCO2)cn1)c1cccs1. The van der Waals surface area contributed by atoms with Gasteiger partial charge in [-0.15, -0.1) is 11.3 Å². The first-order valence-corrected chi connectivity index (χ1v) is 9.38. The van der Waals surface area contributed by atoms with Crippen molar-refractivity contribution < 1.29 is 13.2 Å². The maximum Gasteiger partial charge on any atom is 0.272 e. The van der Waals surface area contributed by atoms with E-state index < -0.39 is 10.0 Å². The predicted molar refractivity (Wildman–Crippen MR) is 86.8 cm³/mol. The van der Waals surface area contributed by atoms with Crippen LogP contribution in [0.5, 0.6) is 0 Å². The van der Waals surface area contributed by atoms with Gasteiger partial charge in [0.25, 0.3) is 10.0 Å². The third-order valence-corrected chi connectivity index (χ3v) is 6.07. The van der Waals surface area contributed by atoms with Gasteiger partial charge in [0.2, 0.25) is 0 Å². The number of pyridine rings is 1. The topological polar surface area (TPSA) is 80.3 Å². The van der Waals surface area contributed by atoms with Crippen LogP contribution in [0.1, 0.15) is 12.8 Å². The first-order chi connectivity index (χ1) is 10.6. The molecule has 2 aromatic heterocycles. The Morgan fingerprint density at radius 3 is 2.91 bits per heavy atom. The van der Waals surface area contributed by atoms with Gasteiger partial charge in [-0.1, -0.05) is 6.07 Å². The lowest BCUT2D eigenvalue weighted by Gasteiger charge is -2.12. The average molecular weight is 339 g/mol. The maximum absolute atomic E-state index is 12.1. The molecular formula is C14H17N3O3S2. The summed E-state index contributed by atoms with van der Waals surface area (Å²) < 4.78 is 32.4. The van der Waals surface area contributed by atoms with Crippen LogP contribution in [0.4, 0.5) is 11.5 Å². The molecule has 22 heavy (non-hydrogen) atoms. The van der Waals surface area contributed by atoms with E-state index in [1.54, 1.807) is 35.8 Å². The van der Waals surface area contributed by atoms with Crippen LogP contribution in [0, 0.1) is 0 Å². The molecule has 0 aromatic carbocycles.